The van der Waals surface area contributed by atoms with Crippen LogP contribution in [0.2, 0.25) is 5.02 Å². The highest BCUT2D eigenvalue weighted by atomic mass is 35.5. The molecule has 0 aliphatic carbocycles. The molecule has 1 aromatic heterocycles. The zero-order valence-electron chi connectivity index (χ0n) is 18.7. The van der Waals surface area contributed by atoms with Gasteiger partial charge in [0.05, 0.1) is 0 Å². The van der Waals surface area contributed by atoms with Crippen LogP contribution < -0.4 is 0 Å². The van der Waals surface area contributed by atoms with Crippen LogP contribution in [-0.4, -0.2) is 30.4 Å². The van der Waals surface area contributed by atoms with Gasteiger partial charge in [-0.1, -0.05) is 60.1 Å². The van der Waals surface area contributed by atoms with Crippen molar-refractivity contribution in [3.05, 3.63) is 107 Å². The van der Waals surface area contributed by atoms with Crippen molar-refractivity contribution in [2.45, 2.75) is 24.8 Å². The first-order chi connectivity index (χ1) is 16.4. The number of hydrogen-bond acceptors (Lipinski definition) is 2. The number of para-hydroxylation sites is 1. The molecule has 2 heterocycles. The van der Waals surface area contributed by atoms with Gasteiger partial charge in [-0.15, -0.1) is 0 Å². The second kappa shape index (κ2) is 9.02. The Kier molecular flexibility index (Phi) is 6.06. The van der Waals surface area contributed by atoms with Crippen molar-refractivity contribution in [2.75, 3.05) is 13.1 Å². The van der Waals surface area contributed by atoms with E-state index >= 15 is 0 Å². The highest BCUT2D eigenvalue weighted by Crippen LogP contribution is 2.36. The Bertz CT molecular complexity index is 1510. The molecular formula is C27H24ClFN2O2S. The summed E-state index contributed by atoms with van der Waals surface area (Å²) in [5, 5.41) is 1.85. The summed E-state index contributed by atoms with van der Waals surface area (Å²) in [6.07, 6.45) is 2.52. The minimum atomic E-state index is -3.89. The summed E-state index contributed by atoms with van der Waals surface area (Å²) >= 11 is 6.06. The Morgan fingerprint density at radius 1 is 0.971 bits per heavy atom. The maximum absolute atomic E-state index is 14.2. The van der Waals surface area contributed by atoms with E-state index in [1.807, 2.05) is 42.5 Å². The Hall–Kier alpha value is -2.93. The minimum Gasteiger partial charge on any atom is -0.340 e. The number of halogens is 2. The van der Waals surface area contributed by atoms with Crippen molar-refractivity contribution < 1.29 is 12.8 Å². The standard InChI is InChI=1S/C27H24ClFN2O2S/c1-19-27(21-14-16-30(17-15-21)34(32,33)26-9-5-3-7-24(26)29)23-6-2-4-8-25(23)31(19)18-20-10-12-22(28)13-11-20/h2-14H,15-18H2,1H3. The van der Waals surface area contributed by atoms with Crippen LogP contribution in [0, 0.1) is 12.7 Å². The van der Waals surface area contributed by atoms with Gasteiger partial charge in [0.1, 0.15) is 10.7 Å². The van der Waals surface area contributed by atoms with Crippen molar-refractivity contribution in [1.82, 2.24) is 8.87 Å². The van der Waals surface area contributed by atoms with E-state index in [9.17, 15) is 12.8 Å². The van der Waals surface area contributed by atoms with E-state index in [0.717, 1.165) is 33.3 Å². The molecule has 0 bridgehead atoms. The fourth-order valence-corrected chi connectivity index (χ4v) is 6.27. The molecular weight excluding hydrogens is 471 g/mol. The maximum atomic E-state index is 14.2. The Morgan fingerprint density at radius 3 is 2.38 bits per heavy atom. The van der Waals surface area contributed by atoms with E-state index < -0.39 is 15.8 Å². The molecule has 0 spiro atoms. The molecule has 4 aromatic rings. The van der Waals surface area contributed by atoms with Crippen LogP contribution in [-0.2, 0) is 16.6 Å². The molecule has 0 unspecified atom stereocenters. The highest BCUT2D eigenvalue weighted by molar-refractivity contribution is 7.89. The van der Waals surface area contributed by atoms with Gasteiger partial charge in [-0.05, 0) is 54.8 Å². The van der Waals surface area contributed by atoms with Crippen LogP contribution in [0.3, 0.4) is 0 Å². The predicted molar refractivity (Wildman–Crippen MR) is 135 cm³/mol. The lowest BCUT2D eigenvalue weighted by Gasteiger charge is -2.26. The van der Waals surface area contributed by atoms with E-state index in [4.69, 9.17) is 11.6 Å². The quantitative estimate of drug-likeness (QED) is 0.328. The molecule has 0 atom stereocenters. The first-order valence-electron chi connectivity index (χ1n) is 11.1. The van der Waals surface area contributed by atoms with E-state index in [2.05, 4.69) is 23.6 Å². The molecule has 0 saturated heterocycles. The average molecular weight is 495 g/mol. The lowest BCUT2D eigenvalue weighted by atomic mass is 9.97. The van der Waals surface area contributed by atoms with E-state index in [1.165, 1.54) is 22.5 Å². The summed E-state index contributed by atoms with van der Waals surface area (Å²) in [6, 6.07) is 21.7. The molecule has 7 heteroatoms. The minimum absolute atomic E-state index is 0.210. The fraction of sp³-hybridized carbons (Fsp3) is 0.185. The first kappa shape index (κ1) is 22.8. The third-order valence-electron chi connectivity index (χ3n) is 6.43. The molecule has 0 radical (unpaired) electrons. The van der Waals surface area contributed by atoms with Gasteiger partial charge < -0.3 is 4.57 Å². The Balaban J connectivity index is 1.50. The maximum Gasteiger partial charge on any atom is 0.246 e. The summed E-state index contributed by atoms with van der Waals surface area (Å²) in [5.74, 6) is -0.724. The summed E-state index contributed by atoms with van der Waals surface area (Å²) < 4.78 is 43.8. The molecule has 3 aromatic carbocycles. The van der Waals surface area contributed by atoms with E-state index in [0.29, 0.717) is 24.5 Å². The number of fused-ring (bicyclic) bond motifs is 1. The molecule has 0 saturated carbocycles. The third-order valence-corrected chi connectivity index (χ3v) is 8.58. The lowest BCUT2D eigenvalue weighted by molar-refractivity contribution is 0.436. The number of aromatic nitrogens is 1. The number of hydrogen-bond donors (Lipinski definition) is 0. The van der Waals surface area contributed by atoms with Gasteiger partial charge in [-0.25, -0.2) is 12.8 Å². The molecule has 5 rings (SSSR count). The SMILES string of the molecule is Cc1c(C2=CCN(S(=O)(=O)c3ccccc3F)CC2)c2ccccc2n1Cc1ccc(Cl)cc1. The Morgan fingerprint density at radius 2 is 1.68 bits per heavy atom. The predicted octanol–water partition coefficient (Wildman–Crippen LogP) is 6.27. The monoisotopic (exact) mass is 494 g/mol. The van der Waals surface area contributed by atoms with Crippen LogP contribution in [0.15, 0.2) is 83.8 Å². The van der Waals surface area contributed by atoms with Gasteiger partial charge >= 0.3 is 0 Å². The van der Waals surface area contributed by atoms with E-state index in [1.54, 1.807) is 6.07 Å². The van der Waals surface area contributed by atoms with Crippen LogP contribution in [0.5, 0.6) is 0 Å². The smallest absolute Gasteiger partial charge is 0.246 e. The molecule has 0 fully saturated rings. The average Bonchev–Trinajstić information content (AvgIpc) is 3.12. The van der Waals surface area contributed by atoms with Crippen molar-refractivity contribution in [3.8, 4) is 0 Å². The molecule has 1 aliphatic rings. The van der Waals surface area contributed by atoms with Gasteiger partial charge in [0.25, 0.3) is 0 Å². The molecule has 34 heavy (non-hydrogen) atoms. The molecule has 0 N–H and O–H groups in total. The topological polar surface area (TPSA) is 42.3 Å². The Labute approximate surface area is 203 Å². The summed E-state index contributed by atoms with van der Waals surface area (Å²) in [7, 11) is -3.89. The second-order valence-corrected chi connectivity index (χ2v) is 10.8. The van der Waals surface area contributed by atoms with Gasteiger partial charge in [0.15, 0.2) is 0 Å². The molecule has 4 nitrogen and oxygen atoms in total. The zero-order valence-corrected chi connectivity index (χ0v) is 20.3. The summed E-state index contributed by atoms with van der Waals surface area (Å²) in [6.45, 7) is 3.33. The van der Waals surface area contributed by atoms with E-state index in [-0.39, 0.29) is 11.4 Å². The third kappa shape index (κ3) is 4.06. The van der Waals surface area contributed by atoms with Crippen molar-refractivity contribution in [3.63, 3.8) is 0 Å². The number of nitrogens with zero attached hydrogens (tertiary/aromatic N) is 2. The molecule has 0 amide bonds. The summed E-state index contributed by atoms with van der Waals surface area (Å²) in [4.78, 5) is -0.275. The van der Waals surface area contributed by atoms with Crippen molar-refractivity contribution in [1.29, 1.82) is 0 Å². The van der Waals surface area contributed by atoms with Crippen LogP contribution >= 0.6 is 11.6 Å². The summed E-state index contributed by atoms with van der Waals surface area (Å²) in [5.41, 5.74) is 5.68. The van der Waals surface area contributed by atoms with Gasteiger partial charge in [0, 0.05) is 46.8 Å². The zero-order chi connectivity index (χ0) is 23.9. The number of rotatable bonds is 5. The highest BCUT2D eigenvalue weighted by Gasteiger charge is 2.29. The van der Waals surface area contributed by atoms with Crippen molar-refractivity contribution >= 4 is 38.1 Å². The fourth-order valence-electron chi connectivity index (χ4n) is 4.70. The van der Waals surface area contributed by atoms with Crippen molar-refractivity contribution in [2.24, 2.45) is 0 Å². The first-order valence-corrected chi connectivity index (χ1v) is 12.9. The largest absolute Gasteiger partial charge is 0.340 e. The normalized spacial score (nSPS) is 15.0. The molecule has 1 aliphatic heterocycles. The van der Waals surface area contributed by atoms with Crippen LogP contribution in [0.1, 0.15) is 23.2 Å². The van der Waals surface area contributed by atoms with Gasteiger partial charge in [0.2, 0.25) is 10.0 Å². The van der Waals surface area contributed by atoms with Gasteiger partial charge in [-0.2, -0.15) is 4.31 Å². The van der Waals surface area contributed by atoms with Crippen LogP contribution in [0.4, 0.5) is 4.39 Å². The molecule has 174 valence electrons. The number of sulfonamides is 1. The van der Waals surface area contributed by atoms with Gasteiger partial charge in [-0.3, -0.25) is 0 Å². The lowest BCUT2D eigenvalue weighted by Crippen LogP contribution is -2.35. The van der Waals surface area contributed by atoms with Crippen LogP contribution in [0.25, 0.3) is 16.5 Å². The number of benzene rings is 3. The second-order valence-electron chi connectivity index (χ2n) is 8.46.